The van der Waals surface area contributed by atoms with Crippen LogP contribution in [0.2, 0.25) is 0 Å². The van der Waals surface area contributed by atoms with E-state index in [-0.39, 0.29) is 62.4 Å². The van der Waals surface area contributed by atoms with E-state index in [2.05, 4.69) is 31.6 Å². The summed E-state index contributed by atoms with van der Waals surface area (Å²) >= 11 is 0. The molecule has 280 valence electrons. The first kappa shape index (κ1) is 44.5. The molecule has 0 heterocycles. The Kier molecular flexibility index (Phi) is 20.2. The fraction of sp³-hybridized carbons (Fsp3) is 0.742. The molecule has 0 rings (SSSR count). The van der Waals surface area contributed by atoms with Crippen LogP contribution >= 0.6 is 0 Å². The number of carboxylic acids is 1. The average molecular weight is 699 g/mol. The maximum absolute atomic E-state index is 13.7. The maximum atomic E-state index is 13.7. The van der Waals surface area contributed by atoms with Gasteiger partial charge in [-0.15, -0.1) is 0 Å². The van der Waals surface area contributed by atoms with Crippen LogP contribution in [0.3, 0.4) is 0 Å². The van der Waals surface area contributed by atoms with Gasteiger partial charge in [-0.05, 0) is 50.4 Å². The van der Waals surface area contributed by atoms with E-state index in [9.17, 15) is 38.7 Å². The van der Waals surface area contributed by atoms with E-state index in [1.807, 2.05) is 13.8 Å². The van der Waals surface area contributed by atoms with Crippen molar-refractivity contribution in [2.75, 3.05) is 6.54 Å². The van der Waals surface area contributed by atoms with E-state index < -0.39 is 77.7 Å². The van der Waals surface area contributed by atoms with Gasteiger partial charge < -0.3 is 54.6 Å². The standard InChI is InChI=1S/C31H58N10O8/c1-8-17(6)23(33)28(46)41-24(16(4)5)29(47)39-19(10-9-13-36-31(34)35)26(44)40-21(14-15(2)3)27(45)38-20(11-12-22(32)42)25(43)37-18(7)30(48)49/h15-21,23-24H,8-14,33H2,1-7H3,(H2,32,42)(H,37,43)(H,38,45)(H,39,47)(H,40,44)(H,41,46)(H,48,49)(H4,34,35,36)/t17-,18-,19-,20-,21-,23-,24-/m0/s1. The summed E-state index contributed by atoms with van der Waals surface area (Å²) in [6.45, 7) is 12.1. The molecule has 14 N–H and O–H groups in total. The van der Waals surface area contributed by atoms with Gasteiger partial charge in [0.1, 0.15) is 30.2 Å². The second-order valence-electron chi connectivity index (χ2n) is 13.0. The lowest BCUT2D eigenvalue weighted by Gasteiger charge is -2.29. The number of amides is 6. The van der Waals surface area contributed by atoms with Crippen molar-refractivity contribution >= 4 is 47.4 Å². The molecule has 0 saturated heterocycles. The van der Waals surface area contributed by atoms with Crippen LogP contribution in [0.15, 0.2) is 4.99 Å². The van der Waals surface area contributed by atoms with Gasteiger partial charge in [0.25, 0.3) is 0 Å². The summed E-state index contributed by atoms with van der Waals surface area (Å²) < 4.78 is 0. The normalized spacial score (nSPS) is 15.4. The molecular formula is C31H58N10O8. The second-order valence-corrected chi connectivity index (χ2v) is 13.0. The van der Waals surface area contributed by atoms with E-state index in [4.69, 9.17) is 22.9 Å². The Hall–Kier alpha value is -4.48. The molecule has 0 aromatic carbocycles. The number of carboxylic acid groups (broad SMARTS) is 1. The van der Waals surface area contributed by atoms with Crippen molar-refractivity contribution < 1.29 is 38.7 Å². The number of primary amides is 1. The van der Waals surface area contributed by atoms with Crippen molar-refractivity contribution in [3.8, 4) is 0 Å². The quantitative estimate of drug-likeness (QED) is 0.0313. The molecule has 0 bridgehead atoms. The molecule has 18 heteroatoms. The van der Waals surface area contributed by atoms with E-state index in [0.29, 0.717) is 6.42 Å². The molecule has 49 heavy (non-hydrogen) atoms. The molecule has 7 atom stereocenters. The predicted molar refractivity (Wildman–Crippen MR) is 183 cm³/mol. The summed E-state index contributed by atoms with van der Waals surface area (Å²) in [5.41, 5.74) is 22.1. The van der Waals surface area contributed by atoms with Crippen LogP contribution in [0.25, 0.3) is 0 Å². The van der Waals surface area contributed by atoms with Gasteiger partial charge in [0, 0.05) is 13.0 Å². The zero-order chi connectivity index (χ0) is 38.0. The Balaban J connectivity index is 6.23. The molecule has 0 aliphatic rings. The largest absolute Gasteiger partial charge is 0.480 e. The molecule has 0 aromatic rings. The summed E-state index contributed by atoms with van der Waals surface area (Å²) in [5, 5.41) is 21.9. The number of carbonyl (C=O) groups excluding carboxylic acids is 6. The topological polar surface area (TPSA) is 316 Å². The van der Waals surface area contributed by atoms with Gasteiger partial charge in [0.15, 0.2) is 5.96 Å². The van der Waals surface area contributed by atoms with Crippen LogP contribution in [0.1, 0.15) is 87.0 Å². The fourth-order valence-corrected chi connectivity index (χ4v) is 4.51. The first-order chi connectivity index (χ1) is 22.7. The smallest absolute Gasteiger partial charge is 0.325 e. The number of hydrogen-bond donors (Lipinski definition) is 10. The van der Waals surface area contributed by atoms with Crippen molar-refractivity contribution in [2.24, 2.45) is 45.7 Å². The number of nitrogens with zero attached hydrogens (tertiary/aromatic N) is 1. The van der Waals surface area contributed by atoms with E-state index >= 15 is 0 Å². The van der Waals surface area contributed by atoms with Gasteiger partial charge in [0.2, 0.25) is 35.4 Å². The molecule has 18 nitrogen and oxygen atoms in total. The monoisotopic (exact) mass is 698 g/mol. The minimum absolute atomic E-state index is 0.0479. The van der Waals surface area contributed by atoms with Crippen molar-refractivity contribution in [1.29, 1.82) is 0 Å². The van der Waals surface area contributed by atoms with Crippen LogP contribution in [0.5, 0.6) is 0 Å². The summed E-state index contributed by atoms with van der Waals surface area (Å²) in [6, 6.07) is -6.94. The van der Waals surface area contributed by atoms with Crippen LogP contribution < -0.4 is 49.5 Å². The number of carbonyl (C=O) groups is 7. The Morgan fingerprint density at radius 2 is 1.20 bits per heavy atom. The highest BCUT2D eigenvalue weighted by Gasteiger charge is 2.34. The van der Waals surface area contributed by atoms with Crippen LogP contribution in [-0.2, 0) is 33.6 Å². The number of guanidine groups is 1. The highest BCUT2D eigenvalue weighted by Crippen LogP contribution is 2.11. The number of hydrogen-bond acceptors (Lipinski definition) is 9. The van der Waals surface area contributed by atoms with Crippen molar-refractivity contribution in [3.05, 3.63) is 0 Å². The summed E-state index contributed by atoms with van der Waals surface area (Å²) in [6.07, 6.45) is 0.543. The van der Waals surface area contributed by atoms with Crippen molar-refractivity contribution in [1.82, 2.24) is 26.6 Å². The molecule has 0 aromatic heterocycles. The fourth-order valence-electron chi connectivity index (χ4n) is 4.51. The number of nitrogens with one attached hydrogen (secondary N) is 5. The molecule has 0 unspecified atom stereocenters. The van der Waals surface area contributed by atoms with Gasteiger partial charge in [-0.25, -0.2) is 0 Å². The zero-order valence-corrected chi connectivity index (χ0v) is 29.7. The van der Waals surface area contributed by atoms with Crippen molar-refractivity contribution in [2.45, 2.75) is 123 Å². The van der Waals surface area contributed by atoms with E-state index in [0.717, 1.165) is 0 Å². The first-order valence-corrected chi connectivity index (χ1v) is 16.5. The van der Waals surface area contributed by atoms with E-state index in [1.165, 1.54) is 6.92 Å². The molecule has 0 fully saturated rings. The number of aliphatic imine (C=N–C) groups is 1. The Labute approximate surface area is 288 Å². The van der Waals surface area contributed by atoms with Gasteiger partial charge >= 0.3 is 5.97 Å². The average Bonchev–Trinajstić information content (AvgIpc) is 3.00. The molecule has 0 radical (unpaired) electrons. The SMILES string of the molecule is CC[C@H](C)[C@H](N)C(=O)N[C@H](C(=O)N[C@@H](CCCN=C(N)N)C(=O)N[C@@H](CC(C)C)C(=O)N[C@@H](CCC(N)=O)C(=O)N[C@@H](C)C(=O)O)C(C)C. The number of rotatable bonds is 23. The number of nitrogens with two attached hydrogens (primary N) is 4. The molecule has 6 amide bonds. The van der Waals surface area contributed by atoms with Crippen LogP contribution in [0, 0.1) is 17.8 Å². The third-order valence-electron chi connectivity index (χ3n) is 7.77. The summed E-state index contributed by atoms with van der Waals surface area (Å²) in [5.74, 6) is -6.43. The Bertz CT molecular complexity index is 1180. The highest BCUT2D eigenvalue weighted by atomic mass is 16.4. The van der Waals surface area contributed by atoms with Gasteiger partial charge in [-0.1, -0.05) is 48.0 Å². The van der Waals surface area contributed by atoms with Gasteiger partial charge in [0.05, 0.1) is 6.04 Å². The Morgan fingerprint density at radius 1 is 0.694 bits per heavy atom. The summed E-state index contributed by atoms with van der Waals surface area (Å²) in [4.78, 5) is 93.0. The minimum atomic E-state index is -1.35. The van der Waals surface area contributed by atoms with Crippen molar-refractivity contribution in [3.63, 3.8) is 0 Å². The predicted octanol–water partition coefficient (Wildman–Crippen LogP) is -2.09. The van der Waals surface area contributed by atoms with Gasteiger partial charge in [-0.3, -0.25) is 38.6 Å². The summed E-state index contributed by atoms with van der Waals surface area (Å²) in [7, 11) is 0. The minimum Gasteiger partial charge on any atom is -0.480 e. The molecule has 0 aliphatic heterocycles. The van der Waals surface area contributed by atoms with Crippen LogP contribution in [-0.4, -0.2) is 95.3 Å². The van der Waals surface area contributed by atoms with Gasteiger partial charge in [-0.2, -0.15) is 0 Å². The maximum Gasteiger partial charge on any atom is 0.325 e. The lowest BCUT2D eigenvalue weighted by atomic mass is 9.97. The lowest BCUT2D eigenvalue weighted by molar-refractivity contribution is -0.142. The highest BCUT2D eigenvalue weighted by molar-refractivity contribution is 5.96. The van der Waals surface area contributed by atoms with Crippen LogP contribution in [0.4, 0.5) is 0 Å². The first-order valence-electron chi connectivity index (χ1n) is 16.5. The second kappa shape index (κ2) is 22.2. The Morgan fingerprint density at radius 3 is 1.69 bits per heavy atom. The molecule has 0 saturated carbocycles. The number of aliphatic carboxylic acids is 1. The third-order valence-corrected chi connectivity index (χ3v) is 7.77. The molecular weight excluding hydrogens is 640 g/mol. The molecule has 0 aliphatic carbocycles. The zero-order valence-electron chi connectivity index (χ0n) is 29.7. The third kappa shape index (κ3) is 17.5. The molecule has 0 spiro atoms. The van der Waals surface area contributed by atoms with E-state index in [1.54, 1.807) is 27.7 Å². The lowest BCUT2D eigenvalue weighted by Crippen LogP contribution is -2.60.